The summed E-state index contributed by atoms with van der Waals surface area (Å²) in [6, 6.07) is 1.29. The van der Waals surface area contributed by atoms with E-state index >= 15 is 0 Å². The van der Waals surface area contributed by atoms with Crippen molar-refractivity contribution in [1.29, 1.82) is 0 Å². The Kier molecular flexibility index (Phi) is 4.80. The Balaban J connectivity index is 1.67. The highest BCUT2D eigenvalue weighted by Gasteiger charge is 2.41. The Morgan fingerprint density at radius 2 is 2.20 bits per heavy atom. The largest absolute Gasteiger partial charge is 0.338 e. The molecule has 0 spiro atoms. The summed E-state index contributed by atoms with van der Waals surface area (Å²) in [5.74, 6) is -0.0859. The number of rotatable bonds is 5. The molecule has 8 nitrogen and oxygen atoms in total. The number of nitrogens with one attached hydrogen (secondary N) is 2. The highest BCUT2D eigenvalue weighted by atomic mass is 16.2. The van der Waals surface area contributed by atoms with Gasteiger partial charge in [0.1, 0.15) is 12.1 Å². The van der Waals surface area contributed by atoms with Crippen molar-refractivity contribution in [3.8, 4) is 0 Å². The van der Waals surface area contributed by atoms with Crippen LogP contribution in [0.2, 0.25) is 0 Å². The number of carbonyl (C=O) groups is 2. The second kappa shape index (κ2) is 6.87. The molecule has 2 unspecified atom stereocenters. The molecule has 8 heteroatoms. The average molecular weight is 346 g/mol. The molecule has 0 aromatic carbocycles. The van der Waals surface area contributed by atoms with Crippen LogP contribution in [-0.4, -0.2) is 50.6 Å². The quantitative estimate of drug-likeness (QED) is 0.811. The SMILES string of the molecule is CCCn1nc(C)cc1CN(C)C(=O)C1CC2C(=O)NC(C)=CN2N1. The number of aromatic nitrogens is 2. The molecule has 0 aliphatic carbocycles. The first-order valence-corrected chi connectivity index (χ1v) is 8.71. The van der Waals surface area contributed by atoms with E-state index in [4.69, 9.17) is 0 Å². The van der Waals surface area contributed by atoms with E-state index in [2.05, 4.69) is 22.8 Å². The minimum Gasteiger partial charge on any atom is -0.338 e. The summed E-state index contributed by atoms with van der Waals surface area (Å²) in [5, 5.41) is 9.04. The molecular formula is C17H26N6O2. The standard InChI is InChI=1S/C17H26N6O2/c1-5-6-22-13(7-11(2)19-22)10-21(4)17(25)14-8-15-16(24)18-12(3)9-23(15)20-14/h7,9,14-15,20H,5-6,8,10H2,1-4H3,(H,18,24). The van der Waals surface area contributed by atoms with Gasteiger partial charge in [-0.3, -0.25) is 14.3 Å². The number of likely N-dealkylation sites (N-methyl/N-ethyl adjacent to an activating group) is 1. The number of allylic oxidation sites excluding steroid dienone is 1. The number of nitrogens with zero attached hydrogens (tertiary/aromatic N) is 4. The molecule has 2 atom stereocenters. The lowest BCUT2D eigenvalue weighted by Gasteiger charge is -2.27. The van der Waals surface area contributed by atoms with Gasteiger partial charge in [-0.15, -0.1) is 0 Å². The van der Waals surface area contributed by atoms with E-state index in [0.29, 0.717) is 13.0 Å². The van der Waals surface area contributed by atoms with Crippen LogP contribution < -0.4 is 10.7 Å². The normalized spacial score (nSPS) is 22.5. The van der Waals surface area contributed by atoms with E-state index < -0.39 is 6.04 Å². The number of hydrazine groups is 1. The van der Waals surface area contributed by atoms with Crippen LogP contribution in [0.25, 0.3) is 0 Å². The van der Waals surface area contributed by atoms with Crippen molar-refractivity contribution in [2.45, 2.75) is 58.8 Å². The first-order valence-electron chi connectivity index (χ1n) is 8.71. The molecule has 3 heterocycles. The topological polar surface area (TPSA) is 82.5 Å². The molecule has 1 saturated heterocycles. The molecule has 1 aromatic rings. The molecule has 136 valence electrons. The van der Waals surface area contributed by atoms with Crippen LogP contribution in [0.1, 0.15) is 38.1 Å². The third-order valence-corrected chi connectivity index (χ3v) is 4.55. The summed E-state index contributed by atoms with van der Waals surface area (Å²) < 4.78 is 1.96. The number of hydrogen-bond donors (Lipinski definition) is 2. The van der Waals surface area contributed by atoms with Crippen LogP contribution >= 0.6 is 0 Å². The molecule has 2 N–H and O–H groups in total. The second-order valence-electron chi connectivity index (χ2n) is 6.84. The number of hydrogen-bond acceptors (Lipinski definition) is 5. The van der Waals surface area contributed by atoms with Crippen LogP contribution in [0.4, 0.5) is 0 Å². The molecule has 0 bridgehead atoms. The second-order valence-corrected chi connectivity index (χ2v) is 6.84. The fourth-order valence-electron chi connectivity index (χ4n) is 3.41. The van der Waals surface area contributed by atoms with Gasteiger partial charge in [-0.25, -0.2) is 5.43 Å². The average Bonchev–Trinajstić information content (AvgIpc) is 3.11. The molecule has 2 aliphatic heterocycles. The minimum atomic E-state index is -0.397. The van der Waals surface area contributed by atoms with Gasteiger partial charge in [0.2, 0.25) is 11.8 Å². The maximum atomic E-state index is 12.8. The molecule has 3 rings (SSSR count). The maximum absolute atomic E-state index is 12.8. The Morgan fingerprint density at radius 3 is 2.92 bits per heavy atom. The van der Waals surface area contributed by atoms with Crippen LogP contribution in [-0.2, 0) is 22.7 Å². The van der Waals surface area contributed by atoms with Crippen molar-refractivity contribution in [2.75, 3.05) is 7.05 Å². The minimum absolute atomic E-state index is 0.0184. The summed E-state index contributed by atoms with van der Waals surface area (Å²) in [4.78, 5) is 26.6. The number of aryl methyl sites for hydroxylation is 2. The number of carbonyl (C=O) groups excluding carboxylic acids is 2. The van der Waals surface area contributed by atoms with Gasteiger partial charge in [0, 0.05) is 31.9 Å². The lowest BCUT2D eigenvalue weighted by atomic mass is 10.1. The van der Waals surface area contributed by atoms with Crippen molar-refractivity contribution >= 4 is 11.8 Å². The zero-order chi connectivity index (χ0) is 18.1. The first kappa shape index (κ1) is 17.5. The number of fused-ring (bicyclic) bond motifs is 1. The molecule has 1 aromatic heterocycles. The smallest absolute Gasteiger partial charge is 0.248 e. The van der Waals surface area contributed by atoms with E-state index in [-0.39, 0.29) is 17.9 Å². The summed E-state index contributed by atoms with van der Waals surface area (Å²) >= 11 is 0. The highest BCUT2D eigenvalue weighted by molar-refractivity contribution is 5.88. The van der Waals surface area contributed by atoms with Gasteiger partial charge in [0.05, 0.1) is 17.9 Å². The van der Waals surface area contributed by atoms with E-state index in [1.54, 1.807) is 17.0 Å². The highest BCUT2D eigenvalue weighted by Crippen LogP contribution is 2.21. The zero-order valence-electron chi connectivity index (χ0n) is 15.2. The van der Waals surface area contributed by atoms with Gasteiger partial charge in [0.25, 0.3) is 0 Å². The molecule has 0 radical (unpaired) electrons. The monoisotopic (exact) mass is 346 g/mol. The van der Waals surface area contributed by atoms with Gasteiger partial charge < -0.3 is 15.2 Å². The van der Waals surface area contributed by atoms with Crippen LogP contribution in [0.15, 0.2) is 18.0 Å². The molecule has 0 saturated carbocycles. The van der Waals surface area contributed by atoms with Gasteiger partial charge >= 0.3 is 0 Å². The predicted octanol–water partition coefficient (Wildman–Crippen LogP) is 0.499. The van der Waals surface area contributed by atoms with Gasteiger partial charge in [0.15, 0.2) is 0 Å². The first-order chi connectivity index (χ1) is 11.9. The zero-order valence-corrected chi connectivity index (χ0v) is 15.2. The number of amides is 2. The van der Waals surface area contributed by atoms with Crippen molar-refractivity contribution < 1.29 is 9.59 Å². The molecule has 2 amide bonds. The Morgan fingerprint density at radius 1 is 1.44 bits per heavy atom. The Labute approximate surface area is 147 Å². The van der Waals surface area contributed by atoms with Crippen molar-refractivity contribution in [1.82, 2.24) is 30.4 Å². The summed E-state index contributed by atoms with van der Waals surface area (Å²) in [6.07, 6.45) is 3.29. The van der Waals surface area contributed by atoms with Crippen molar-refractivity contribution in [3.05, 3.63) is 29.4 Å². The lowest BCUT2D eigenvalue weighted by molar-refractivity contribution is -0.132. The lowest BCUT2D eigenvalue weighted by Crippen LogP contribution is -2.49. The molecule has 2 aliphatic rings. The Bertz CT molecular complexity index is 710. The van der Waals surface area contributed by atoms with E-state index in [1.165, 1.54) is 0 Å². The third-order valence-electron chi connectivity index (χ3n) is 4.55. The fourth-order valence-corrected chi connectivity index (χ4v) is 3.41. The molecule has 1 fully saturated rings. The van der Waals surface area contributed by atoms with Crippen LogP contribution in [0.3, 0.4) is 0 Å². The maximum Gasteiger partial charge on any atom is 0.248 e. The van der Waals surface area contributed by atoms with Gasteiger partial charge in [-0.1, -0.05) is 6.92 Å². The van der Waals surface area contributed by atoms with Crippen LogP contribution in [0, 0.1) is 6.92 Å². The fraction of sp³-hybridized carbons (Fsp3) is 0.588. The van der Waals surface area contributed by atoms with Crippen LogP contribution in [0.5, 0.6) is 0 Å². The van der Waals surface area contributed by atoms with Crippen molar-refractivity contribution in [3.63, 3.8) is 0 Å². The van der Waals surface area contributed by atoms with E-state index in [0.717, 1.165) is 30.1 Å². The molecular weight excluding hydrogens is 320 g/mol. The van der Waals surface area contributed by atoms with E-state index in [9.17, 15) is 9.59 Å². The summed E-state index contributed by atoms with van der Waals surface area (Å²) in [5.41, 5.74) is 5.90. The third kappa shape index (κ3) is 3.53. The van der Waals surface area contributed by atoms with Crippen molar-refractivity contribution in [2.24, 2.45) is 0 Å². The summed E-state index contributed by atoms with van der Waals surface area (Å²) in [7, 11) is 1.79. The predicted molar refractivity (Wildman–Crippen MR) is 92.8 cm³/mol. The van der Waals surface area contributed by atoms with Gasteiger partial charge in [-0.05, 0) is 26.3 Å². The summed E-state index contributed by atoms with van der Waals surface area (Å²) in [6.45, 7) is 7.24. The Hall–Kier alpha value is -2.35. The van der Waals surface area contributed by atoms with Gasteiger partial charge in [-0.2, -0.15) is 5.10 Å². The molecule has 25 heavy (non-hydrogen) atoms. The van der Waals surface area contributed by atoms with E-state index in [1.807, 2.05) is 30.8 Å².